The molecular weight excluding hydrogens is 369 g/mol. The van der Waals surface area contributed by atoms with Crippen LogP contribution in [0.5, 0.6) is 0 Å². The number of allylic oxidation sites excluding steroid dienone is 2. The molecule has 3 aliphatic rings. The van der Waals surface area contributed by atoms with E-state index in [4.69, 9.17) is 27.7 Å². The lowest BCUT2D eigenvalue weighted by Gasteiger charge is -2.44. The average molecular weight is 390 g/mol. The van der Waals surface area contributed by atoms with Gasteiger partial charge in [0.2, 0.25) is 0 Å². The van der Waals surface area contributed by atoms with Crippen LogP contribution < -0.4 is 0 Å². The smallest absolute Gasteiger partial charge is 0.147 e. The summed E-state index contributed by atoms with van der Waals surface area (Å²) < 4.78 is 5.79. The number of aromatic nitrogens is 1. The van der Waals surface area contributed by atoms with Crippen molar-refractivity contribution < 1.29 is 9.63 Å². The molecule has 0 radical (unpaired) electrons. The van der Waals surface area contributed by atoms with E-state index >= 15 is 0 Å². The fourth-order valence-electron chi connectivity index (χ4n) is 4.51. The minimum Gasteiger partial charge on any atom is -0.393 e. The van der Waals surface area contributed by atoms with Crippen LogP contribution in [0.3, 0.4) is 0 Å². The summed E-state index contributed by atoms with van der Waals surface area (Å²) in [5.74, 6) is 1.46. The third kappa shape index (κ3) is 2.72. The molecule has 5 rings (SSSR count). The van der Waals surface area contributed by atoms with Crippen LogP contribution in [0.25, 0.3) is 16.8 Å². The number of benzene rings is 1. The number of hydrogen-bond acceptors (Lipinski definition) is 3. The summed E-state index contributed by atoms with van der Waals surface area (Å²) in [5.41, 5.74) is 4.20. The lowest BCUT2D eigenvalue weighted by atomic mass is 9.61. The molecule has 1 N–H and O–H groups in total. The van der Waals surface area contributed by atoms with Gasteiger partial charge in [-0.2, -0.15) is 0 Å². The van der Waals surface area contributed by atoms with E-state index in [0.29, 0.717) is 16.0 Å². The minimum absolute atomic E-state index is 0.131. The van der Waals surface area contributed by atoms with Crippen LogP contribution in [-0.4, -0.2) is 16.4 Å². The zero-order valence-corrected chi connectivity index (χ0v) is 16.0. The first-order valence-electron chi connectivity index (χ1n) is 9.40. The molecule has 2 aromatic rings. The van der Waals surface area contributed by atoms with E-state index in [-0.39, 0.29) is 11.5 Å². The molecule has 26 heavy (non-hydrogen) atoms. The summed E-state index contributed by atoms with van der Waals surface area (Å²) >= 11 is 12.9. The van der Waals surface area contributed by atoms with Gasteiger partial charge in [0.05, 0.1) is 16.1 Å². The highest BCUT2D eigenvalue weighted by molar-refractivity contribution is 6.39. The van der Waals surface area contributed by atoms with Crippen molar-refractivity contribution in [1.29, 1.82) is 0 Å². The fourth-order valence-corrected chi connectivity index (χ4v) is 5.09. The summed E-state index contributed by atoms with van der Waals surface area (Å²) in [7, 11) is 0. The predicted octanol–water partition coefficient (Wildman–Crippen LogP) is 6.23. The van der Waals surface area contributed by atoms with Crippen LogP contribution >= 0.6 is 23.2 Å². The molecule has 0 amide bonds. The van der Waals surface area contributed by atoms with E-state index in [1.54, 1.807) is 0 Å². The van der Waals surface area contributed by atoms with Gasteiger partial charge in [0.1, 0.15) is 11.5 Å². The van der Waals surface area contributed by atoms with Gasteiger partial charge in [-0.3, -0.25) is 0 Å². The molecule has 0 bridgehead atoms. The highest BCUT2D eigenvalue weighted by Crippen LogP contribution is 2.57. The van der Waals surface area contributed by atoms with Crippen molar-refractivity contribution in [3.05, 3.63) is 45.6 Å². The number of aliphatic hydroxyl groups is 1. The second kappa shape index (κ2) is 6.12. The Balaban J connectivity index is 1.58. The molecule has 0 atom stereocenters. The number of hydrogen-bond donors (Lipinski definition) is 1. The molecular formula is C21H21Cl2NO2. The number of nitrogens with zero attached hydrogens (tertiary/aromatic N) is 1. The van der Waals surface area contributed by atoms with Crippen molar-refractivity contribution in [2.45, 2.75) is 57.0 Å². The van der Waals surface area contributed by atoms with Gasteiger partial charge in [0, 0.05) is 17.0 Å². The molecule has 1 aromatic carbocycles. The van der Waals surface area contributed by atoms with E-state index in [0.717, 1.165) is 67.5 Å². The van der Waals surface area contributed by atoms with E-state index in [9.17, 15) is 5.11 Å². The maximum Gasteiger partial charge on any atom is 0.147 e. The molecule has 2 saturated carbocycles. The molecule has 2 fully saturated rings. The van der Waals surface area contributed by atoms with Crippen LogP contribution in [-0.2, 0) is 0 Å². The van der Waals surface area contributed by atoms with Gasteiger partial charge in [0.25, 0.3) is 0 Å². The highest BCUT2D eigenvalue weighted by atomic mass is 35.5. The van der Waals surface area contributed by atoms with Crippen molar-refractivity contribution in [1.82, 2.24) is 5.16 Å². The Kier molecular flexibility index (Phi) is 3.97. The number of halogens is 2. The summed E-state index contributed by atoms with van der Waals surface area (Å²) in [6, 6.07) is 5.54. The van der Waals surface area contributed by atoms with E-state index in [1.165, 1.54) is 5.57 Å². The Bertz CT molecular complexity index is 869. The molecule has 1 aromatic heterocycles. The third-order valence-electron chi connectivity index (χ3n) is 6.16. The van der Waals surface area contributed by atoms with Crippen molar-refractivity contribution in [3.8, 4) is 11.3 Å². The molecule has 3 nitrogen and oxygen atoms in total. The Morgan fingerprint density at radius 3 is 2.31 bits per heavy atom. The zero-order valence-electron chi connectivity index (χ0n) is 14.5. The average Bonchev–Trinajstić information content (AvgIpc) is 3.35. The van der Waals surface area contributed by atoms with Crippen molar-refractivity contribution in [2.75, 3.05) is 0 Å². The Morgan fingerprint density at radius 1 is 1.04 bits per heavy atom. The van der Waals surface area contributed by atoms with Gasteiger partial charge < -0.3 is 9.63 Å². The summed E-state index contributed by atoms with van der Waals surface area (Å²) in [5, 5.41) is 15.4. The maximum absolute atomic E-state index is 9.81. The molecule has 0 unspecified atom stereocenters. The van der Waals surface area contributed by atoms with Crippen molar-refractivity contribution in [2.24, 2.45) is 5.41 Å². The lowest BCUT2D eigenvalue weighted by molar-refractivity contribution is 0.0808. The topological polar surface area (TPSA) is 46.3 Å². The molecule has 1 spiro atoms. The number of aliphatic hydroxyl groups excluding tert-OH is 1. The van der Waals surface area contributed by atoms with E-state index in [2.05, 4.69) is 11.2 Å². The fraction of sp³-hybridized carbons (Fsp3) is 0.476. The van der Waals surface area contributed by atoms with E-state index in [1.807, 2.05) is 18.2 Å². The predicted molar refractivity (Wildman–Crippen MR) is 103 cm³/mol. The zero-order chi connectivity index (χ0) is 17.9. The third-order valence-corrected chi connectivity index (χ3v) is 6.79. The normalized spacial score (nSPS) is 28.1. The minimum atomic E-state index is -0.131. The monoisotopic (exact) mass is 389 g/mol. The summed E-state index contributed by atoms with van der Waals surface area (Å²) in [6.07, 6.45) is 9.51. The van der Waals surface area contributed by atoms with Crippen LogP contribution in [0.1, 0.15) is 62.2 Å². The van der Waals surface area contributed by atoms with E-state index < -0.39 is 0 Å². The largest absolute Gasteiger partial charge is 0.393 e. The first-order chi connectivity index (χ1) is 12.6. The molecule has 5 heteroatoms. The van der Waals surface area contributed by atoms with Crippen LogP contribution in [0.15, 0.2) is 28.8 Å². The highest BCUT2D eigenvalue weighted by Gasteiger charge is 2.44. The Labute approximate surface area is 163 Å². The molecule has 3 aliphatic carbocycles. The van der Waals surface area contributed by atoms with Gasteiger partial charge in [-0.1, -0.05) is 40.5 Å². The van der Waals surface area contributed by atoms with Crippen molar-refractivity contribution >= 4 is 28.8 Å². The first-order valence-corrected chi connectivity index (χ1v) is 10.2. The molecule has 1 heterocycles. The standard InChI is InChI=1S/C21H21Cl2NO2/c22-15-2-1-3-16(23)18(15)19-17(20(26-24-19)12-4-5-12)13-10-21(11-13)8-6-14(25)7-9-21/h1-3,10,12,14,25H,4-9,11H2. The van der Waals surface area contributed by atoms with Crippen LogP contribution in [0.4, 0.5) is 0 Å². The van der Waals surface area contributed by atoms with Crippen LogP contribution in [0, 0.1) is 5.41 Å². The second-order valence-electron chi connectivity index (χ2n) is 8.08. The van der Waals surface area contributed by atoms with Gasteiger partial charge in [-0.25, -0.2) is 0 Å². The van der Waals surface area contributed by atoms with Crippen molar-refractivity contribution in [3.63, 3.8) is 0 Å². The lowest BCUT2D eigenvalue weighted by Crippen LogP contribution is -2.33. The Morgan fingerprint density at radius 2 is 1.69 bits per heavy atom. The molecule has 0 aliphatic heterocycles. The SMILES string of the molecule is OC1CCC2(C=C(c3c(-c4c(Cl)cccc4Cl)noc3C3CC3)C2)CC1. The Hall–Kier alpha value is -1.29. The first kappa shape index (κ1) is 16.9. The van der Waals surface area contributed by atoms with Gasteiger partial charge in [-0.05, 0) is 68.1 Å². The second-order valence-corrected chi connectivity index (χ2v) is 8.90. The van der Waals surface area contributed by atoms with Crippen LogP contribution in [0.2, 0.25) is 10.0 Å². The quantitative estimate of drug-likeness (QED) is 0.675. The van der Waals surface area contributed by atoms with Gasteiger partial charge in [0.15, 0.2) is 0 Å². The molecule has 0 saturated heterocycles. The maximum atomic E-state index is 9.81. The molecule has 136 valence electrons. The summed E-state index contributed by atoms with van der Waals surface area (Å²) in [6.45, 7) is 0. The van der Waals surface area contributed by atoms with Gasteiger partial charge in [-0.15, -0.1) is 0 Å². The van der Waals surface area contributed by atoms with Gasteiger partial charge >= 0.3 is 0 Å². The number of rotatable bonds is 3. The summed E-state index contributed by atoms with van der Waals surface area (Å²) in [4.78, 5) is 0.